The van der Waals surface area contributed by atoms with E-state index >= 15 is 0 Å². The van der Waals surface area contributed by atoms with Crippen LogP contribution in [0.3, 0.4) is 0 Å². The van der Waals surface area contributed by atoms with E-state index in [1.165, 1.54) is 37.7 Å². The van der Waals surface area contributed by atoms with Crippen LogP contribution < -0.4 is 5.73 Å². The number of rotatable bonds is 3. The third-order valence-electron chi connectivity index (χ3n) is 4.22. The second kappa shape index (κ2) is 5.62. The van der Waals surface area contributed by atoms with Crippen LogP contribution in [-0.2, 0) is 0 Å². The van der Waals surface area contributed by atoms with Gasteiger partial charge in [-0.15, -0.1) is 0 Å². The predicted molar refractivity (Wildman–Crippen MR) is 77.0 cm³/mol. The van der Waals surface area contributed by atoms with Gasteiger partial charge in [-0.25, -0.2) is 0 Å². The van der Waals surface area contributed by atoms with Crippen LogP contribution in [0.15, 0.2) is 47.1 Å². The molecule has 1 heterocycles. The first-order valence-corrected chi connectivity index (χ1v) is 7.23. The fraction of sp³-hybridized carbons (Fsp3) is 0.412. The second-order valence-electron chi connectivity index (χ2n) is 5.49. The highest BCUT2D eigenvalue weighted by molar-refractivity contribution is 5.31. The summed E-state index contributed by atoms with van der Waals surface area (Å²) in [6.07, 6.45) is 8.49. The van der Waals surface area contributed by atoms with E-state index < -0.39 is 0 Å². The third kappa shape index (κ3) is 2.74. The first kappa shape index (κ1) is 12.5. The van der Waals surface area contributed by atoms with Gasteiger partial charge in [0.1, 0.15) is 5.76 Å². The average molecular weight is 255 g/mol. The third-order valence-corrected chi connectivity index (χ3v) is 4.22. The lowest BCUT2D eigenvalue weighted by Crippen LogP contribution is -2.11. The maximum absolute atomic E-state index is 6.20. The van der Waals surface area contributed by atoms with E-state index in [1.807, 2.05) is 12.1 Å². The first-order valence-electron chi connectivity index (χ1n) is 7.23. The molecule has 2 N–H and O–H groups in total. The molecule has 100 valence electrons. The molecule has 0 amide bonds. The summed E-state index contributed by atoms with van der Waals surface area (Å²) in [6, 6.07) is 12.4. The lowest BCUT2D eigenvalue weighted by atomic mass is 9.83. The van der Waals surface area contributed by atoms with Gasteiger partial charge in [0.05, 0.1) is 12.3 Å². The Kier molecular flexibility index (Phi) is 3.69. The molecule has 2 aromatic rings. The Morgan fingerprint density at radius 3 is 2.37 bits per heavy atom. The molecule has 1 aromatic heterocycles. The number of furan rings is 1. The van der Waals surface area contributed by atoms with Crippen LogP contribution in [0.5, 0.6) is 0 Å². The lowest BCUT2D eigenvalue weighted by molar-refractivity contribution is 0.443. The molecule has 1 unspecified atom stereocenters. The van der Waals surface area contributed by atoms with Crippen molar-refractivity contribution in [3.8, 4) is 0 Å². The summed E-state index contributed by atoms with van der Waals surface area (Å²) < 4.78 is 5.37. The molecule has 1 aliphatic rings. The molecule has 1 aromatic carbocycles. The Balaban J connectivity index is 1.75. The molecule has 0 spiro atoms. The molecule has 1 aliphatic carbocycles. The zero-order chi connectivity index (χ0) is 13.1. The summed E-state index contributed by atoms with van der Waals surface area (Å²) in [5.41, 5.74) is 8.78. The van der Waals surface area contributed by atoms with E-state index in [4.69, 9.17) is 10.2 Å². The van der Waals surface area contributed by atoms with Gasteiger partial charge < -0.3 is 10.2 Å². The van der Waals surface area contributed by atoms with Gasteiger partial charge in [-0.3, -0.25) is 0 Å². The minimum absolute atomic E-state index is 0.157. The van der Waals surface area contributed by atoms with Crippen LogP contribution in [-0.4, -0.2) is 0 Å². The first-order chi connectivity index (χ1) is 9.34. The van der Waals surface area contributed by atoms with Crippen molar-refractivity contribution in [1.82, 2.24) is 0 Å². The van der Waals surface area contributed by atoms with E-state index in [0.717, 1.165) is 17.2 Å². The summed E-state index contributed by atoms with van der Waals surface area (Å²) >= 11 is 0. The van der Waals surface area contributed by atoms with Crippen molar-refractivity contribution in [2.75, 3.05) is 0 Å². The molecule has 0 bridgehead atoms. The van der Waals surface area contributed by atoms with Crippen molar-refractivity contribution < 1.29 is 4.42 Å². The maximum atomic E-state index is 6.20. The molecule has 0 saturated heterocycles. The van der Waals surface area contributed by atoms with Crippen LogP contribution in [0.25, 0.3) is 0 Å². The normalized spacial score (nSPS) is 18.4. The smallest absolute Gasteiger partial charge is 0.124 e. The van der Waals surface area contributed by atoms with Gasteiger partial charge in [0.2, 0.25) is 0 Å². The summed E-state index contributed by atoms with van der Waals surface area (Å²) in [7, 11) is 0. The standard InChI is InChI=1S/C17H21NO/c18-17(16-7-4-12-19-16)15-10-8-14(9-11-15)13-5-2-1-3-6-13/h4,7-13,17H,1-3,5-6,18H2. The zero-order valence-electron chi connectivity index (χ0n) is 11.2. The quantitative estimate of drug-likeness (QED) is 0.884. The number of benzene rings is 1. The topological polar surface area (TPSA) is 39.2 Å². The molecular weight excluding hydrogens is 234 g/mol. The number of hydrogen-bond acceptors (Lipinski definition) is 2. The van der Waals surface area contributed by atoms with Gasteiger partial charge in [0, 0.05) is 0 Å². The van der Waals surface area contributed by atoms with E-state index in [2.05, 4.69) is 24.3 Å². The Labute approximate surface area is 114 Å². The second-order valence-corrected chi connectivity index (χ2v) is 5.49. The number of nitrogens with two attached hydrogens (primary N) is 1. The Morgan fingerprint density at radius 2 is 1.74 bits per heavy atom. The van der Waals surface area contributed by atoms with Crippen LogP contribution in [0.4, 0.5) is 0 Å². The number of hydrogen-bond donors (Lipinski definition) is 1. The monoisotopic (exact) mass is 255 g/mol. The van der Waals surface area contributed by atoms with Crippen LogP contribution in [0.2, 0.25) is 0 Å². The molecule has 0 aliphatic heterocycles. The van der Waals surface area contributed by atoms with E-state index in [1.54, 1.807) is 6.26 Å². The van der Waals surface area contributed by atoms with Crippen LogP contribution in [0.1, 0.15) is 61.0 Å². The molecule has 3 rings (SSSR count). The molecule has 1 atom stereocenters. The largest absolute Gasteiger partial charge is 0.467 e. The highest BCUT2D eigenvalue weighted by Crippen LogP contribution is 2.33. The molecular formula is C17H21NO. The zero-order valence-corrected chi connectivity index (χ0v) is 11.2. The van der Waals surface area contributed by atoms with Crippen molar-refractivity contribution >= 4 is 0 Å². The van der Waals surface area contributed by atoms with Crippen LogP contribution >= 0.6 is 0 Å². The molecule has 1 fully saturated rings. The van der Waals surface area contributed by atoms with Gasteiger partial charge >= 0.3 is 0 Å². The maximum Gasteiger partial charge on any atom is 0.124 e. The highest BCUT2D eigenvalue weighted by atomic mass is 16.3. The van der Waals surface area contributed by atoms with E-state index in [9.17, 15) is 0 Å². The van der Waals surface area contributed by atoms with Crippen molar-refractivity contribution in [3.63, 3.8) is 0 Å². The van der Waals surface area contributed by atoms with E-state index in [-0.39, 0.29) is 6.04 Å². The Hall–Kier alpha value is -1.54. The minimum atomic E-state index is -0.157. The Bertz CT molecular complexity index is 495. The summed E-state index contributed by atoms with van der Waals surface area (Å²) in [5.74, 6) is 1.58. The van der Waals surface area contributed by atoms with Crippen molar-refractivity contribution in [1.29, 1.82) is 0 Å². The van der Waals surface area contributed by atoms with Gasteiger partial charge in [-0.1, -0.05) is 43.5 Å². The van der Waals surface area contributed by atoms with Gasteiger partial charge in [0.25, 0.3) is 0 Å². The average Bonchev–Trinajstić information content (AvgIpc) is 3.02. The molecule has 2 heteroatoms. The van der Waals surface area contributed by atoms with Crippen molar-refractivity contribution in [2.24, 2.45) is 5.73 Å². The Morgan fingerprint density at radius 1 is 1.00 bits per heavy atom. The summed E-state index contributed by atoms with van der Waals surface area (Å²) in [6.45, 7) is 0. The minimum Gasteiger partial charge on any atom is -0.467 e. The SMILES string of the molecule is NC(c1ccc(C2CCCCC2)cc1)c1ccco1. The summed E-state index contributed by atoms with van der Waals surface area (Å²) in [4.78, 5) is 0. The molecule has 0 radical (unpaired) electrons. The highest BCUT2D eigenvalue weighted by Gasteiger charge is 2.16. The molecule has 2 nitrogen and oxygen atoms in total. The van der Waals surface area contributed by atoms with Crippen molar-refractivity contribution in [2.45, 2.75) is 44.1 Å². The van der Waals surface area contributed by atoms with Gasteiger partial charge in [-0.05, 0) is 42.0 Å². The van der Waals surface area contributed by atoms with E-state index in [0.29, 0.717) is 0 Å². The van der Waals surface area contributed by atoms with Gasteiger partial charge in [-0.2, -0.15) is 0 Å². The fourth-order valence-corrected chi connectivity index (χ4v) is 3.04. The molecule has 1 saturated carbocycles. The van der Waals surface area contributed by atoms with Gasteiger partial charge in [0.15, 0.2) is 0 Å². The fourth-order valence-electron chi connectivity index (χ4n) is 3.04. The summed E-state index contributed by atoms with van der Waals surface area (Å²) in [5, 5.41) is 0. The van der Waals surface area contributed by atoms with Crippen molar-refractivity contribution in [3.05, 3.63) is 59.5 Å². The van der Waals surface area contributed by atoms with Crippen LogP contribution in [0, 0.1) is 0 Å². The predicted octanol–water partition coefficient (Wildman–Crippen LogP) is 4.38. The molecule has 19 heavy (non-hydrogen) atoms. The lowest BCUT2D eigenvalue weighted by Gasteiger charge is -2.22.